The molecule has 0 aromatic heterocycles. The van der Waals surface area contributed by atoms with Crippen LogP contribution in [0.5, 0.6) is 0 Å². The highest BCUT2D eigenvalue weighted by Crippen LogP contribution is 2.19. The van der Waals surface area contributed by atoms with Crippen molar-refractivity contribution in [3.05, 3.63) is 0 Å². The maximum atomic E-state index is 12.1. The van der Waals surface area contributed by atoms with Crippen LogP contribution >= 0.6 is 0 Å². The minimum Gasteiger partial charge on any atom is -0.465 e. The molecule has 120 valence electrons. The van der Waals surface area contributed by atoms with Gasteiger partial charge in [-0.2, -0.15) is 0 Å². The van der Waals surface area contributed by atoms with E-state index in [4.69, 9.17) is 4.74 Å². The van der Waals surface area contributed by atoms with E-state index in [-0.39, 0.29) is 5.97 Å². The van der Waals surface area contributed by atoms with Crippen LogP contribution in [0.1, 0.15) is 54.4 Å². The summed E-state index contributed by atoms with van der Waals surface area (Å²) in [5.74, 6) is 0.523. The van der Waals surface area contributed by atoms with Crippen molar-refractivity contribution in [1.82, 2.24) is 10.2 Å². The molecule has 0 bridgehead atoms. The Kier molecular flexibility index (Phi) is 9.06. The minimum atomic E-state index is -0.613. The van der Waals surface area contributed by atoms with Crippen molar-refractivity contribution < 1.29 is 9.53 Å². The van der Waals surface area contributed by atoms with Crippen LogP contribution in [0.25, 0.3) is 0 Å². The molecule has 4 heteroatoms. The summed E-state index contributed by atoms with van der Waals surface area (Å²) in [6, 6.07) is 0.343. The first-order chi connectivity index (χ1) is 9.34. The van der Waals surface area contributed by atoms with Crippen LogP contribution in [0.4, 0.5) is 0 Å². The van der Waals surface area contributed by atoms with E-state index in [0.29, 0.717) is 18.6 Å². The number of carbonyl (C=O) groups excluding carboxylic acids is 1. The highest BCUT2D eigenvalue weighted by atomic mass is 16.5. The van der Waals surface area contributed by atoms with E-state index in [2.05, 4.69) is 37.9 Å². The van der Waals surface area contributed by atoms with Crippen LogP contribution in [0, 0.1) is 5.92 Å². The average molecular weight is 286 g/mol. The molecule has 4 nitrogen and oxygen atoms in total. The molecule has 0 radical (unpaired) electrons. The van der Waals surface area contributed by atoms with Crippen molar-refractivity contribution >= 4 is 5.97 Å². The SMILES string of the molecule is CCOC(=O)C(C)(CC(C)N(CC)CC(C)CC)NC. The maximum Gasteiger partial charge on any atom is 0.326 e. The number of ether oxygens (including phenoxy) is 1. The maximum absolute atomic E-state index is 12.1. The van der Waals surface area contributed by atoms with Gasteiger partial charge in [0.1, 0.15) is 5.54 Å². The van der Waals surface area contributed by atoms with Crippen molar-refractivity contribution in [1.29, 1.82) is 0 Å². The molecule has 0 rings (SSSR count). The first-order valence-corrected chi connectivity index (χ1v) is 7.94. The van der Waals surface area contributed by atoms with E-state index in [9.17, 15) is 4.79 Å². The Balaban J connectivity index is 4.73. The molecule has 0 saturated heterocycles. The van der Waals surface area contributed by atoms with Crippen LogP contribution < -0.4 is 5.32 Å². The molecule has 3 unspecified atom stereocenters. The van der Waals surface area contributed by atoms with Crippen LogP contribution in [-0.2, 0) is 9.53 Å². The van der Waals surface area contributed by atoms with Crippen molar-refractivity contribution in [2.75, 3.05) is 26.7 Å². The third-order valence-corrected chi connectivity index (χ3v) is 4.25. The number of hydrogen-bond acceptors (Lipinski definition) is 4. The van der Waals surface area contributed by atoms with Gasteiger partial charge in [-0.3, -0.25) is 4.79 Å². The predicted molar refractivity (Wildman–Crippen MR) is 84.9 cm³/mol. The summed E-state index contributed by atoms with van der Waals surface area (Å²) in [7, 11) is 1.83. The molecule has 0 aliphatic carbocycles. The second-order valence-corrected chi connectivity index (χ2v) is 5.96. The van der Waals surface area contributed by atoms with E-state index in [1.165, 1.54) is 6.42 Å². The smallest absolute Gasteiger partial charge is 0.326 e. The van der Waals surface area contributed by atoms with Crippen molar-refractivity contribution in [2.24, 2.45) is 5.92 Å². The van der Waals surface area contributed by atoms with Crippen LogP contribution in [0.3, 0.4) is 0 Å². The average Bonchev–Trinajstić information content (AvgIpc) is 2.44. The number of hydrogen-bond donors (Lipinski definition) is 1. The van der Waals surface area contributed by atoms with Crippen molar-refractivity contribution in [3.8, 4) is 0 Å². The topological polar surface area (TPSA) is 41.6 Å². The number of nitrogens with one attached hydrogen (secondary N) is 1. The van der Waals surface area contributed by atoms with Gasteiger partial charge in [-0.1, -0.05) is 27.2 Å². The lowest BCUT2D eigenvalue weighted by atomic mass is 9.92. The molecular weight excluding hydrogens is 252 g/mol. The Morgan fingerprint density at radius 3 is 2.30 bits per heavy atom. The fraction of sp³-hybridized carbons (Fsp3) is 0.938. The highest BCUT2D eigenvalue weighted by molar-refractivity contribution is 5.80. The Labute approximate surface area is 125 Å². The molecule has 0 amide bonds. The molecule has 1 N–H and O–H groups in total. The fourth-order valence-electron chi connectivity index (χ4n) is 2.45. The number of likely N-dealkylation sites (N-methyl/N-ethyl adjacent to an activating group) is 1. The summed E-state index contributed by atoms with van der Waals surface area (Å²) < 4.78 is 5.19. The van der Waals surface area contributed by atoms with Gasteiger partial charge >= 0.3 is 5.97 Å². The number of carbonyl (C=O) groups is 1. The number of nitrogens with zero attached hydrogens (tertiary/aromatic N) is 1. The standard InChI is InChI=1S/C16H34N2O2/c1-8-13(4)12-18(9-2)14(5)11-16(6,17-7)15(19)20-10-3/h13-14,17H,8-12H2,1-7H3. The van der Waals surface area contributed by atoms with E-state index in [1.54, 1.807) is 0 Å². The normalized spacial score (nSPS) is 17.6. The van der Waals surface area contributed by atoms with Gasteiger partial charge in [-0.25, -0.2) is 0 Å². The molecule has 0 heterocycles. The monoisotopic (exact) mass is 286 g/mol. The first kappa shape index (κ1) is 19.4. The molecule has 0 aliphatic rings. The van der Waals surface area contributed by atoms with Crippen LogP contribution in [0.2, 0.25) is 0 Å². The van der Waals surface area contributed by atoms with Crippen LogP contribution in [-0.4, -0.2) is 49.2 Å². The molecule has 0 saturated carbocycles. The van der Waals surface area contributed by atoms with Gasteiger partial charge in [0.05, 0.1) is 6.61 Å². The first-order valence-electron chi connectivity index (χ1n) is 7.94. The van der Waals surface area contributed by atoms with Gasteiger partial charge < -0.3 is 15.0 Å². The Morgan fingerprint density at radius 1 is 1.30 bits per heavy atom. The molecule has 3 atom stereocenters. The Bertz CT molecular complexity index is 284. The molecule has 0 aliphatic heterocycles. The fourth-order valence-corrected chi connectivity index (χ4v) is 2.45. The molecule has 20 heavy (non-hydrogen) atoms. The Morgan fingerprint density at radius 2 is 1.90 bits per heavy atom. The summed E-state index contributed by atoms with van der Waals surface area (Å²) in [6.07, 6.45) is 1.94. The molecule has 0 spiro atoms. The van der Waals surface area contributed by atoms with Gasteiger partial charge in [0, 0.05) is 12.6 Å². The summed E-state index contributed by atoms with van der Waals surface area (Å²) in [5, 5.41) is 3.14. The largest absolute Gasteiger partial charge is 0.465 e. The molecule has 0 aromatic carbocycles. The molecule has 0 fully saturated rings. The summed E-state index contributed by atoms with van der Waals surface area (Å²) in [4.78, 5) is 14.6. The van der Waals surface area contributed by atoms with Crippen LogP contribution in [0.15, 0.2) is 0 Å². The van der Waals surface area contributed by atoms with Gasteiger partial charge in [-0.05, 0) is 46.7 Å². The van der Waals surface area contributed by atoms with Gasteiger partial charge in [0.2, 0.25) is 0 Å². The van der Waals surface area contributed by atoms with Crippen molar-refractivity contribution in [3.63, 3.8) is 0 Å². The number of esters is 1. The quantitative estimate of drug-likeness (QED) is 0.627. The second-order valence-electron chi connectivity index (χ2n) is 5.96. The second kappa shape index (κ2) is 9.35. The summed E-state index contributed by atoms with van der Waals surface area (Å²) >= 11 is 0. The third kappa shape index (κ3) is 5.80. The zero-order chi connectivity index (χ0) is 15.8. The lowest BCUT2D eigenvalue weighted by molar-refractivity contribution is -0.151. The van der Waals surface area contributed by atoms with Gasteiger partial charge in [0.25, 0.3) is 0 Å². The summed E-state index contributed by atoms with van der Waals surface area (Å²) in [6.45, 7) is 15.2. The number of rotatable bonds is 10. The van der Waals surface area contributed by atoms with Crippen molar-refractivity contribution in [2.45, 2.75) is 66.0 Å². The van der Waals surface area contributed by atoms with E-state index in [1.807, 2.05) is 20.9 Å². The van der Waals surface area contributed by atoms with Gasteiger partial charge in [-0.15, -0.1) is 0 Å². The van der Waals surface area contributed by atoms with Gasteiger partial charge in [0.15, 0.2) is 0 Å². The predicted octanol–water partition coefficient (Wildman–Crippen LogP) is 2.67. The zero-order valence-corrected chi connectivity index (χ0v) is 14.5. The Hall–Kier alpha value is -0.610. The van der Waals surface area contributed by atoms with E-state index < -0.39 is 5.54 Å². The van der Waals surface area contributed by atoms with E-state index >= 15 is 0 Å². The molecular formula is C16H34N2O2. The lowest BCUT2D eigenvalue weighted by Gasteiger charge is -2.36. The zero-order valence-electron chi connectivity index (χ0n) is 14.5. The third-order valence-electron chi connectivity index (χ3n) is 4.25. The summed E-state index contributed by atoms with van der Waals surface area (Å²) in [5.41, 5.74) is -0.613. The molecule has 0 aromatic rings. The highest BCUT2D eigenvalue weighted by Gasteiger charge is 2.35. The van der Waals surface area contributed by atoms with E-state index in [0.717, 1.165) is 19.5 Å². The minimum absolute atomic E-state index is 0.158. The lowest BCUT2D eigenvalue weighted by Crippen LogP contribution is -2.53.